The molecule has 0 unspecified atom stereocenters. The predicted octanol–water partition coefficient (Wildman–Crippen LogP) is 3.01. The van der Waals surface area contributed by atoms with Crippen LogP contribution in [0.25, 0.3) is 0 Å². The largest absolute Gasteiger partial charge is 0.479 e. The van der Waals surface area contributed by atoms with Crippen LogP contribution >= 0.6 is 0 Å². The van der Waals surface area contributed by atoms with E-state index in [1.165, 1.54) is 5.56 Å². The standard InChI is InChI=1S/C22H24N2O4/c1-16(8-9-18-6-4-3-5-7-18)24-21(25)15-27-22(26)17(2)28-20-12-10-19(14-23)11-13-20/h3-7,10-13,16-17H,8-9,15H2,1-2H3,(H,24,25)/t16-,17+/m0/s1. The first-order valence-corrected chi connectivity index (χ1v) is 9.14. The predicted molar refractivity (Wildman–Crippen MR) is 105 cm³/mol. The number of carbonyl (C=O) groups is 2. The maximum Gasteiger partial charge on any atom is 0.347 e. The number of carbonyl (C=O) groups excluding carboxylic acids is 2. The van der Waals surface area contributed by atoms with E-state index in [-0.39, 0.29) is 18.6 Å². The second kappa shape index (κ2) is 10.7. The van der Waals surface area contributed by atoms with Gasteiger partial charge in [0.05, 0.1) is 11.6 Å². The van der Waals surface area contributed by atoms with Crippen molar-refractivity contribution in [1.82, 2.24) is 5.32 Å². The lowest BCUT2D eigenvalue weighted by Gasteiger charge is -2.16. The van der Waals surface area contributed by atoms with Gasteiger partial charge in [0, 0.05) is 6.04 Å². The lowest BCUT2D eigenvalue weighted by atomic mass is 10.1. The molecule has 2 rings (SSSR count). The van der Waals surface area contributed by atoms with Crippen molar-refractivity contribution < 1.29 is 19.1 Å². The molecular formula is C22H24N2O4. The summed E-state index contributed by atoms with van der Waals surface area (Å²) in [5.41, 5.74) is 1.71. The number of nitrogens with zero attached hydrogens (tertiary/aromatic N) is 1. The molecule has 146 valence electrons. The summed E-state index contributed by atoms with van der Waals surface area (Å²) in [7, 11) is 0. The van der Waals surface area contributed by atoms with Gasteiger partial charge in [0.25, 0.3) is 5.91 Å². The van der Waals surface area contributed by atoms with Gasteiger partial charge in [0.1, 0.15) is 5.75 Å². The molecule has 0 saturated carbocycles. The van der Waals surface area contributed by atoms with Gasteiger partial charge in [-0.2, -0.15) is 5.26 Å². The Labute approximate surface area is 165 Å². The summed E-state index contributed by atoms with van der Waals surface area (Å²) in [4.78, 5) is 24.0. The normalized spacial score (nSPS) is 12.3. The van der Waals surface area contributed by atoms with Crippen molar-refractivity contribution in [2.24, 2.45) is 0 Å². The van der Waals surface area contributed by atoms with Crippen LogP contribution in [0.15, 0.2) is 54.6 Å². The SMILES string of the molecule is C[C@@H](CCc1ccccc1)NC(=O)COC(=O)[C@@H](C)Oc1ccc(C#N)cc1. The maximum absolute atomic E-state index is 12.0. The third-order valence-corrected chi connectivity index (χ3v) is 4.09. The zero-order valence-electron chi connectivity index (χ0n) is 16.1. The molecule has 0 aliphatic heterocycles. The number of nitriles is 1. The first-order valence-electron chi connectivity index (χ1n) is 9.14. The monoisotopic (exact) mass is 380 g/mol. The molecule has 0 radical (unpaired) electrons. The highest BCUT2D eigenvalue weighted by molar-refractivity contribution is 5.82. The summed E-state index contributed by atoms with van der Waals surface area (Å²) < 4.78 is 10.5. The third-order valence-electron chi connectivity index (χ3n) is 4.09. The average molecular weight is 380 g/mol. The fourth-order valence-corrected chi connectivity index (χ4v) is 2.53. The van der Waals surface area contributed by atoms with Crippen molar-refractivity contribution in [2.75, 3.05) is 6.61 Å². The van der Waals surface area contributed by atoms with Crippen LogP contribution in [0.5, 0.6) is 5.75 Å². The molecule has 6 heteroatoms. The molecule has 0 spiro atoms. The highest BCUT2D eigenvalue weighted by Gasteiger charge is 2.18. The molecule has 28 heavy (non-hydrogen) atoms. The van der Waals surface area contributed by atoms with E-state index in [1.54, 1.807) is 31.2 Å². The van der Waals surface area contributed by atoms with E-state index in [9.17, 15) is 9.59 Å². The minimum Gasteiger partial charge on any atom is -0.479 e. The minimum atomic E-state index is -0.865. The Hall–Kier alpha value is -3.33. The van der Waals surface area contributed by atoms with Crippen LogP contribution in [0.3, 0.4) is 0 Å². The van der Waals surface area contributed by atoms with E-state index in [0.29, 0.717) is 11.3 Å². The van der Waals surface area contributed by atoms with E-state index < -0.39 is 12.1 Å². The van der Waals surface area contributed by atoms with E-state index in [2.05, 4.69) is 5.32 Å². The Morgan fingerprint density at radius 1 is 1.07 bits per heavy atom. The van der Waals surface area contributed by atoms with Crippen LogP contribution in [-0.2, 0) is 20.7 Å². The summed E-state index contributed by atoms with van der Waals surface area (Å²) >= 11 is 0. The zero-order chi connectivity index (χ0) is 20.4. The van der Waals surface area contributed by atoms with Crippen LogP contribution in [0.2, 0.25) is 0 Å². The minimum absolute atomic E-state index is 0.0290. The Bertz CT molecular complexity index is 813. The van der Waals surface area contributed by atoms with Crippen LogP contribution in [-0.4, -0.2) is 30.6 Å². The number of benzene rings is 2. The number of aryl methyl sites for hydroxylation is 1. The number of esters is 1. The quantitative estimate of drug-likeness (QED) is 0.676. The number of hydrogen-bond acceptors (Lipinski definition) is 5. The van der Waals surface area contributed by atoms with Crippen molar-refractivity contribution in [3.05, 3.63) is 65.7 Å². The van der Waals surface area contributed by atoms with Crippen molar-refractivity contribution >= 4 is 11.9 Å². The van der Waals surface area contributed by atoms with Gasteiger partial charge in [-0.25, -0.2) is 4.79 Å². The van der Waals surface area contributed by atoms with E-state index in [1.807, 2.05) is 43.3 Å². The first-order chi connectivity index (χ1) is 13.5. The molecule has 0 saturated heterocycles. The summed E-state index contributed by atoms with van der Waals surface area (Å²) in [5, 5.41) is 11.6. The number of nitrogens with one attached hydrogen (secondary N) is 1. The molecule has 0 heterocycles. The van der Waals surface area contributed by atoms with Crippen molar-refractivity contribution in [2.45, 2.75) is 38.8 Å². The zero-order valence-corrected chi connectivity index (χ0v) is 16.1. The smallest absolute Gasteiger partial charge is 0.347 e. The van der Waals surface area contributed by atoms with E-state index in [4.69, 9.17) is 14.7 Å². The van der Waals surface area contributed by atoms with E-state index in [0.717, 1.165) is 12.8 Å². The van der Waals surface area contributed by atoms with Crippen LogP contribution < -0.4 is 10.1 Å². The second-order valence-corrected chi connectivity index (χ2v) is 6.50. The Balaban J connectivity index is 1.68. The second-order valence-electron chi connectivity index (χ2n) is 6.50. The molecule has 1 N–H and O–H groups in total. The van der Waals surface area contributed by atoms with Gasteiger partial charge in [-0.15, -0.1) is 0 Å². The molecule has 0 bridgehead atoms. The Morgan fingerprint density at radius 2 is 1.75 bits per heavy atom. The van der Waals surface area contributed by atoms with Gasteiger partial charge in [0.2, 0.25) is 0 Å². The van der Waals surface area contributed by atoms with Gasteiger partial charge < -0.3 is 14.8 Å². The van der Waals surface area contributed by atoms with Crippen LogP contribution in [0.4, 0.5) is 0 Å². The molecule has 0 aliphatic rings. The molecule has 0 aromatic heterocycles. The topological polar surface area (TPSA) is 88.4 Å². The van der Waals surface area contributed by atoms with Gasteiger partial charge in [-0.05, 0) is 56.5 Å². The molecular weight excluding hydrogens is 356 g/mol. The van der Waals surface area contributed by atoms with Crippen LogP contribution in [0.1, 0.15) is 31.4 Å². The Morgan fingerprint density at radius 3 is 2.39 bits per heavy atom. The van der Waals surface area contributed by atoms with Gasteiger partial charge >= 0.3 is 5.97 Å². The van der Waals surface area contributed by atoms with Crippen LogP contribution in [0, 0.1) is 11.3 Å². The fourth-order valence-electron chi connectivity index (χ4n) is 2.53. The van der Waals surface area contributed by atoms with Crippen molar-refractivity contribution in [3.8, 4) is 11.8 Å². The fraction of sp³-hybridized carbons (Fsp3) is 0.318. The number of hydrogen-bond donors (Lipinski definition) is 1. The summed E-state index contributed by atoms with van der Waals surface area (Å²) in [6.45, 7) is 3.11. The highest BCUT2D eigenvalue weighted by Crippen LogP contribution is 2.14. The molecule has 6 nitrogen and oxygen atoms in total. The highest BCUT2D eigenvalue weighted by atomic mass is 16.6. The molecule has 0 aliphatic carbocycles. The first kappa shape index (κ1) is 21.0. The average Bonchev–Trinajstić information content (AvgIpc) is 2.71. The third kappa shape index (κ3) is 7.12. The summed E-state index contributed by atoms with van der Waals surface area (Å²) in [5.74, 6) is -0.529. The number of rotatable bonds is 9. The molecule has 1 amide bonds. The molecule has 0 fully saturated rings. The number of amides is 1. The molecule has 2 aromatic rings. The number of ether oxygens (including phenoxy) is 2. The lowest BCUT2D eigenvalue weighted by Crippen LogP contribution is -2.37. The van der Waals surface area contributed by atoms with Crippen molar-refractivity contribution in [3.63, 3.8) is 0 Å². The van der Waals surface area contributed by atoms with Gasteiger partial charge in [0.15, 0.2) is 12.7 Å². The Kier molecular flexibility index (Phi) is 8.04. The van der Waals surface area contributed by atoms with Gasteiger partial charge in [-0.3, -0.25) is 4.79 Å². The maximum atomic E-state index is 12.0. The van der Waals surface area contributed by atoms with E-state index >= 15 is 0 Å². The van der Waals surface area contributed by atoms with Gasteiger partial charge in [-0.1, -0.05) is 30.3 Å². The van der Waals surface area contributed by atoms with Crippen molar-refractivity contribution in [1.29, 1.82) is 5.26 Å². The summed E-state index contributed by atoms with van der Waals surface area (Å²) in [6.07, 6.45) is 0.788. The molecule has 2 aromatic carbocycles. The molecule has 2 atom stereocenters. The lowest BCUT2D eigenvalue weighted by molar-refractivity contribution is -0.154. The summed E-state index contributed by atoms with van der Waals surface area (Å²) in [6, 6.07) is 18.4.